The normalized spacial score (nSPS) is 10.7. The fourth-order valence-electron chi connectivity index (χ4n) is 1.70. The van der Waals surface area contributed by atoms with Gasteiger partial charge in [-0.25, -0.2) is 4.39 Å². The van der Waals surface area contributed by atoms with Gasteiger partial charge in [-0.3, -0.25) is 4.98 Å². The highest BCUT2D eigenvalue weighted by atomic mass is 79.9. The van der Waals surface area contributed by atoms with Crippen molar-refractivity contribution >= 4 is 15.9 Å². The Morgan fingerprint density at radius 3 is 2.85 bits per heavy atom. The summed E-state index contributed by atoms with van der Waals surface area (Å²) in [5, 5.41) is 13.4. The number of rotatable bonds is 2. The average molecular weight is 336 g/mol. The molecule has 5 nitrogen and oxygen atoms in total. The van der Waals surface area contributed by atoms with Crippen LogP contribution >= 0.6 is 15.9 Å². The van der Waals surface area contributed by atoms with Gasteiger partial charge < -0.3 is 9.63 Å². The van der Waals surface area contributed by atoms with Crippen molar-refractivity contribution in [3.8, 4) is 28.6 Å². The molecule has 2 aromatic heterocycles. The van der Waals surface area contributed by atoms with Gasteiger partial charge in [0.05, 0.1) is 0 Å². The second-order valence-corrected chi connectivity index (χ2v) is 4.86. The Kier molecular flexibility index (Phi) is 3.19. The summed E-state index contributed by atoms with van der Waals surface area (Å²) in [6, 6.07) is 5.70. The van der Waals surface area contributed by atoms with Gasteiger partial charge in [0.15, 0.2) is 0 Å². The molecule has 1 aromatic carbocycles. The van der Waals surface area contributed by atoms with E-state index < -0.39 is 5.82 Å². The van der Waals surface area contributed by atoms with Gasteiger partial charge in [-0.2, -0.15) is 4.98 Å². The van der Waals surface area contributed by atoms with Crippen molar-refractivity contribution in [2.75, 3.05) is 0 Å². The molecular formula is C13H7BrFN3O2. The monoisotopic (exact) mass is 335 g/mol. The minimum absolute atomic E-state index is 0.0874. The predicted octanol–water partition coefficient (Wildman–Crippen LogP) is 3.41. The standard InChI is InChI=1S/C13H7BrFN3O2/c14-8-4-7(5-16-6-8)12-17-13(20-18-12)11-9(15)2-1-3-10(11)19/h1-6,19H. The molecule has 0 atom stereocenters. The number of hydrogen-bond acceptors (Lipinski definition) is 5. The van der Waals surface area contributed by atoms with Crippen LogP contribution in [0.3, 0.4) is 0 Å². The van der Waals surface area contributed by atoms with Crippen molar-refractivity contribution in [1.82, 2.24) is 15.1 Å². The minimum Gasteiger partial charge on any atom is -0.507 e. The molecule has 2 heterocycles. The van der Waals surface area contributed by atoms with Crippen molar-refractivity contribution in [3.63, 3.8) is 0 Å². The summed E-state index contributed by atoms with van der Waals surface area (Å²) in [4.78, 5) is 8.06. The lowest BCUT2D eigenvalue weighted by molar-refractivity contribution is 0.421. The number of nitrogens with zero attached hydrogens (tertiary/aromatic N) is 3. The van der Waals surface area contributed by atoms with Crippen LogP contribution in [0, 0.1) is 5.82 Å². The fraction of sp³-hybridized carbons (Fsp3) is 0. The Bertz CT molecular complexity index is 756. The van der Waals surface area contributed by atoms with Crippen molar-refractivity contribution < 1.29 is 14.0 Å². The van der Waals surface area contributed by atoms with E-state index in [-0.39, 0.29) is 23.0 Å². The highest BCUT2D eigenvalue weighted by Crippen LogP contribution is 2.31. The zero-order valence-electron chi connectivity index (χ0n) is 9.92. The van der Waals surface area contributed by atoms with E-state index in [9.17, 15) is 9.50 Å². The Morgan fingerprint density at radius 1 is 1.25 bits per heavy atom. The number of aromatic hydroxyl groups is 1. The van der Waals surface area contributed by atoms with Gasteiger partial charge in [-0.05, 0) is 34.1 Å². The Balaban J connectivity index is 2.07. The molecule has 3 aromatic rings. The molecule has 1 N–H and O–H groups in total. The van der Waals surface area contributed by atoms with Crippen LogP contribution in [0.4, 0.5) is 4.39 Å². The van der Waals surface area contributed by atoms with E-state index >= 15 is 0 Å². The highest BCUT2D eigenvalue weighted by molar-refractivity contribution is 9.10. The van der Waals surface area contributed by atoms with E-state index in [0.717, 1.165) is 4.47 Å². The molecule has 0 aliphatic rings. The van der Waals surface area contributed by atoms with Gasteiger partial charge in [-0.1, -0.05) is 11.2 Å². The second-order valence-electron chi connectivity index (χ2n) is 3.95. The van der Waals surface area contributed by atoms with Crippen LogP contribution in [0.5, 0.6) is 5.75 Å². The first-order valence-corrected chi connectivity index (χ1v) is 6.37. The number of aromatic nitrogens is 3. The minimum atomic E-state index is -0.632. The van der Waals surface area contributed by atoms with Crippen molar-refractivity contribution in [3.05, 3.63) is 46.9 Å². The van der Waals surface area contributed by atoms with Crippen molar-refractivity contribution in [2.24, 2.45) is 0 Å². The zero-order chi connectivity index (χ0) is 14.1. The topological polar surface area (TPSA) is 72.0 Å². The van der Waals surface area contributed by atoms with Gasteiger partial charge in [0, 0.05) is 22.4 Å². The largest absolute Gasteiger partial charge is 0.507 e. The third-order valence-electron chi connectivity index (χ3n) is 2.59. The maximum absolute atomic E-state index is 13.7. The first-order valence-electron chi connectivity index (χ1n) is 5.57. The molecule has 0 bridgehead atoms. The lowest BCUT2D eigenvalue weighted by Gasteiger charge is -1.99. The summed E-state index contributed by atoms with van der Waals surface area (Å²) in [5.41, 5.74) is 0.499. The average Bonchev–Trinajstić information content (AvgIpc) is 2.88. The Labute approximate surface area is 121 Å². The summed E-state index contributed by atoms with van der Waals surface area (Å²) in [6.45, 7) is 0. The molecule has 0 radical (unpaired) electrons. The van der Waals surface area contributed by atoms with E-state index in [1.807, 2.05) is 0 Å². The van der Waals surface area contributed by atoms with E-state index in [4.69, 9.17) is 4.52 Å². The molecule has 0 unspecified atom stereocenters. The van der Waals surface area contributed by atoms with Crippen LogP contribution in [0.25, 0.3) is 22.8 Å². The summed E-state index contributed by atoms with van der Waals surface area (Å²) >= 11 is 3.29. The van der Waals surface area contributed by atoms with Crippen molar-refractivity contribution in [2.45, 2.75) is 0 Å². The maximum atomic E-state index is 13.7. The van der Waals surface area contributed by atoms with Crippen molar-refractivity contribution in [1.29, 1.82) is 0 Å². The smallest absolute Gasteiger partial charge is 0.265 e. The van der Waals surface area contributed by atoms with Crippen LogP contribution in [-0.4, -0.2) is 20.2 Å². The van der Waals surface area contributed by atoms with E-state index in [1.165, 1.54) is 18.2 Å². The Morgan fingerprint density at radius 2 is 2.10 bits per heavy atom. The molecule has 0 fully saturated rings. The number of hydrogen-bond donors (Lipinski definition) is 1. The molecule has 20 heavy (non-hydrogen) atoms. The van der Waals surface area contributed by atoms with Gasteiger partial charge in [0.25, 0.3) is 5.89 Å². The number of pyridine rings is 1. The summed E-state index contributed by atoms with van der Waals surface area (Å²) in [6.07, 6.45) is 3.17. The van der Waals surface area contributed by atoms with Crippen LogP contribution in [0.1, 0.15) is 0 Å². The molecule has 0 saturated carbocycles. The maximum Gasteiger partial charge on any atom is 0.265 e. The predicted molar refractivity (Wildman–Crippen MR) is 72.3 cm³/mol. The number of phenolic OH excluding ortho intramolecular Hbond substituents is 1. The molecule has 100 valence electrons. The third-order valence-corrected chi connectivity index (χ3v) is 3.03. The van der Waals surface area contributed by atoms with E-state index in [1.54, 1.807) is 18.5 Å². The second kappa shape index (κ2) is 5.01. The number of benzene rings is 1. The van der Waals surface area contributed by atoms with E-state index in [0.29, 0.717) is 5.56 Å². The Hall–Kier alpha value is -2.28. The molecular weight excluding hydrogens is 329 g/mol. The molecule has 3 rings (SSSR count). The summed E-state index contributed by atoms with van der Waals surface area (Å²) < 4.78 is 19.5. The lowest BCUT2D eigenvalue weighted by atomic mass is 10.2. The molecule has 0 amide bonds. The van der Waals surface area contributed by atoms with Gasteiger partial charge >= 0.3 is 0 Å². The molecule has 0 aliphatic heterocycles. The first kappa shape index (κ1) is 12.7. The van der Waals surface area contributed by atoms with Gasteiger partial charge in [0.1, 0.15) is 17.1 Å². The number of halogens is 2. The van der Waals surface area contributed by atoms with Crippen LogP contribution in [0.15, 0.2) is 45.7 Å². The third kappa shape index (κ3) is 2.27. The lowest BCUT2D eigenvalue weighted by Crippen LogP contribution is -1.86. The molecule has 0 aliphatic carbocycles. The van der Waals surface area contributed by atoms with E-state index in [2.05, 4.69) is 31.1 Å². The van der Waals surface area contributed by atoms with Crippen LogP contribution in [-0.2, 0) is 0 Å². The summed E-state index contributed by atoms with van der Waals surface area (Å²) in [7, 11) is 0. The zero-order valence-corrected chi connectivity index (χ0v) is 11.5. The van der Waals surface area contributed by atoms with Gasteiger partial charge in [-0.15, -0.1) is 0 Å². The molecule has 7 heteroatoms. The highest BCUT2D eigenvalue weighted by Gasteiger charge is 2.18. The van der Waals surface area contributed by atoms with Crippen LogP contribution < -0.4 is 0 Å². The van der Waals surface area contributed by atoms with Crippen LogP contribution in [0.2, 0.25) is 0 Å². The SMILES string of the molecule is Oc1cccc(F)c1-c1nc(-c2cncc(Br)c2)no1. The first-order chi connectivity index (χ1) is 9.65. The molecule has 0 spiro atoms. The fourth-order valence-corrected chi connectivity index (χ4v) is 2.07. The summed E-state index contributed by atoms with van der Waals surface area (Å²) in [5.74, 6) is -0.716. The van der Waals surface area contributed by atoms with Gasteiger partial charge in [0.2, 0.25) is 5.82 Å². The number of phenols is 1. The quantitative estimate of drug-likeness (QED) is 0.776. The molecule has 0 saturated heterocycles.